The Morgan fingerprint density at radius 1 is 1.50 bits per heavy atom. The van der Waals surface area contributed by atoms with Crippen LogP contribution in [0.15, 0.2) is 13.6 Å². The minimum Gasteiger partial charge on any atom is -0.376 e. The van der Waals surface area contributed by atoms with Gasteiger partial charge in [-0.3, -0.25) is 4.79 Å². The topological polar surface area (TPSA) is 35.5 Å². The van der Waals surface area contributed by atoms with Crippen LogP contribution >= 0.6 is 43.2 Å². The molecule has 0 aromatic carbocycles. The van der Waals surface area contributed by atoms with Crippen molar-refractivity contribution in [3.63, 3.8) is 0 Å². The minimum absolute atomic E-state index is 0.000338. The van der Waals surface area contributed by atoms with Crippen LogP contribution in [0.1, 0.15) is 29.6 Å². The van der Waals surface area contributed by atoms with E-state index < -0.39 is 0 Å². The Balaban J connectivity index is 1.76. The van der Waals surface area contributed by atoms with Gasteiger partial charge >= 0.3 is 0 Å². The number of hydrogen-bond donors (Lipinski definition) is 0. The van der Waals surface area contributed by atoms with Crippen molar-refractivity contribution < 1.29 is 14.3 Å². The Hall–Kier alpha value is 0.250. The van der Waals surface area contributed by atoms with Gasteiger partial charge in [-0.2, -0.15) is 0 Å². The lowest BCUT2D eigenvalue weighted by Gasteiger charge is -2.22. The van der Waals surface area contributed by atoms with Gasteiger partial charge in [-0.1, -0.05) is 0 Å². The summed E-state index contributed by atoms with van der Waals surface area (Å²) in [6.45, 7) is 1.43. The maximum atomic E-state index is 11.9. The van der Waals surface area contributed by atoms with Crippen molar-refractivity contribution in [1.82, 2.24) is 0 Å². The van der Waals surface area contributed by atoms with E-state index in [-0.39, 0.29) is 18.5 Å². The van der Waals surface area contributed by atoms with Crippen molar-refractivity contribution in [3.05, 3.63) is 19.2 Å². The highest BCUT2D eigenvalue weighted by Crippen LogP contribution is 2.32. The molecule has 1 aromatic rings. The zero-order valence-corrected chi connectivity index (χ0v) is 13.8. The van der Waals surface area contributed by atoms with E-state index in [1.807, 2.05) is 6.07 Å². The highest BCUT2D eigenvalue weighted by molar-refractivity contribution is 9.12. The van der Waals surface area contributed by atoms with Crippen molar-refractivity contribution in [1.29, 1.82) is 0 Å². The predicted octanol–water partition coefficient (Wildman–Crippen LogP) is 4.04. The number of thiophene rings is 1. The van der Waals surface area contributed by atoms with Gasteiger partial charge in [0.15, 0.2) is 5.78 Å². The summed E-state index contributed by atoms with van der Waals surface area (Å²) < 4.78 is 12.8. The van der Waals surface area contributed by atoms with Crippen molar-refractivity contribution in [2.24, 2.45) is 0 Å². The fourth-order valence-corrected chi connectivity index (χ4v) is 4.69. The van der Waals surface area contributed by atoms with Gasteiger partial charge in [0.1, 0.15) is 6.61 Å². The van der Waals surface area contributed by atoms with Crippen molar-refractivity contribution >= 4 is 49.0 Å². The third-order valence-electron chi connectivity index (χ3n) is 2.77. The Kier molecular flexibility index (Phi) is 5.82. The maximum Gasteiger partial charge on any atom is 0.190 e. The molecule has 2 heterocycles. The Labute approximate surface area is 127 Å². The number of ketones is 1. The third kappa shape index (κ3) is 4.13. The van der Waals surface area contributed by atoms with Gasteiger partial charge in [0.05, 0.1) is 20.3 Å². The molecule has 6 heteroatoms. The van der Waals surface area contributed by atoms with Crippen molar-refractivity contribution in [2.45, 2.75) is 25.4 Å². The second-order valence-electron chi connectivity index (χ2n) is 4.16. The first kappa shape index (κ1) is 14.7. The molecule has 1 aromatic heterocycles. The molecule has 18 heavy (non-hydrogen) atoms. The van der Waals surface area contributed by atoms with Gasteiger partial charge in [0.2, 0.25) is 0 Å². The van der Waals surface area contributed by atoms with Gasteiger partial charge in [-0.15, -0.1) is 11.3 Å². The van der Waals surface area contributed by atoms with Gasteiger partial charge in [-0.05, 0) is 57.2 Å². The van der Waals surface area contributed by atoms with E-state index in [0.29, 0.717) is 12.2 Å². The first-order valence-corrected chi connectivity index (χ1v) is 8.24. The summed E-state index contributed by atoms with van der Waals surface area (Å²) in [6.07, 6.45) is 3.50. The van der Waals surface area contributed by atoms with Gasteiger partial charge < -0.3 is 9.47 Å². The standard InChI is InChI=1S/C12H14Br2O3S/c13-11-5-9(12(14)18-11)10(15)7-16-6-8-3-1-2-4-17-8/h5,8H,1-4,6-7H2. The van der Waals surface area contributed by atoms with Gasteiger partial charge in [0, 0.05) is 12.2 Å². The van der Waals surface area contributed by atoms with Crippen LogP contribution in [-0.2, 0) is 9.47 Å². The fraction of sp³-hybridized carbons (Fsp3) is 0.583. The molecule has 0 bridgehead atoms. The number of ether oxygens (including phenoxy) is 2. The predicted molar refractivity (Wildman–Crippen MR) is 78.5 cm³/mol. The van der Waals surface area contributed by atoms with Crippen LogP contribution in [0.3, 0.4) is 0 Å². The third-order valence-corrected chi connectivity index (χ3v) is 5.11. The number of rotatable bonds is 5. The van der Waals surface area contributed by atoms with Gasteiger partial charge in [-0.25, -0.2) is 0 Å². The molecule has 0 spiro atoms. The Bertz CT molecular complexity index is 413. The molecule has 0 amide bonds. The molecular weight excluding hydrogens is 384 g/mol. The zero-order chi connectivity index (χ0) is 13.0. The van der Waals surface area contributed by atoms with E-state index in [4.69, 9.17) is 9.47 Å². The van der Waals surface area contributed by atoms with E-state index in [9.17, 15) is 4.79 Å². The number of Topliss-reactive ketones (excluding diaryl/α,β-unsaturated/α-hetero) is 1. The summed E-state index contributed by atoms with van der Waals surface area (Å²) in [5.41, 5.74) is 0.677. The second-order valence-corrected chi connectivity index (χ2v) is 7.91. The molecule has 1 atom stereocenters. The monoisotopic (exact) mass is 396 g/mol. The molecule has 1 aliphatic rings. The average molecular weight is 398 g/mol. The molecule has 0 aliphatic carbocycles. The molecule has 0 saturated carbocycles. The molecule has 2 rings (SSSR count). The lowest BCUT2D eigenvalue weighted by molar-refractivity contribution is -0.0370. The van der Waals surface area contributed by atoms with Crippen LogP contribution in [-0.4, -0.2) is 31.7 Å². The second kappa shape index (κ2) is 7.14. The lowest BCUT2D eigenvalue weighted by Crippen LogP contribution is -2.25. The van der Waals surface area contributed by atoms with Crippen LogP contribution in [0.4, 0.5) is 0 Å². The Morgan fingerprint density at radius 3 is 2.94 bits per heavy atom. The molecule has 0 radical (unpaired) electrons. The largest absolute Gasteiger partial charge is 0.376 e. The first-order valence-electron chi connectivity index (χ1n) is 5.84. The van der Waals surface area contributed by atoms with E-state index in [1.54, 1.807) is 0 Å². The lowest BCUT2D eigenvalue weighted by atomic mass is 10.1. The van der Waals surface area contributed by atoms with Gasteiger partial charge in [0.25, 0.3) is 0 Å². The highest BCUT2D eigenvalue weighted by atomic mass is 79.9. The molecule has 3 nitrogen and oxygen atoms in total. The number of carbonyl (C=O) groups is 1. The molecule has 100 valence electrons. The summed E-state index contributed by atoms with van der Waals surface area (Å²) in [5.74, 6) is -0.000338. The van der Waals surface area contributed by atoms with Crippen LogP contribution < -0.4 is 0 Å². The highest BCUT2D eigenvalue weighted by Gasteiger charge is 2.17. The van der Waals surface area contributed by atoms with E-state index in [1.165, 1.54) is 17.8 Å². The smallest absolute Gasteiger partial charge is 0.190 e. The molecule has 1 saturated heterocycles. The average Bonchev–Trinajstić information content (AvgIpc) is 2.70. The van der Waals surface area contributed by atoms with Crippen LogP contribution in [0.5, 0.6) is 0 Å². The van der Waals surface area contributed by atoms with E-state index >= 15 is 0 Å². The van der Waals surface area contributed by atoms with Crippen molar-refractivity contribution in [2.75, 3.05) is 19.8 Å². The quantitative estimate of drug-likeness (QED) is 0.703. The normalized spacial score (nSPS) is 20.0. The molecule has 1 aliphatic heterocycles. The molecule has 1 unspecified atom stereocenters. The minimum atomic E-state index is -0.000338. The van der Waals surface area contributed by atoms with E-state index in [2.05, 4.69) is 31.9 Å². The zero-order valence-electron chi connectivity index (χ0n) is 9.79. The van der Waals surface area contributed by atoms with Crippen LogP contribution in [0.2, 0.25) is 0 Å². The number of hydrogen-bond acceptors (Lipinski definition) is 4. The van der Waals surface area contributed by atoms with Crippen LogP contribution in [0, 0.1) is 0 Å². The SMILES string of the molecule is O=C(COCC1CCCCO1)c1cc(Br)sc1Br. The summed E-state index contributed by atoms with van der Waals surface area (Å²) >= 11 is 8.22. The fourth-order valence-electron chi connectivity index (χ4n) is 1.83. The summed E-state index contributed by atoms with van der Waals surface area (Å²) in [4.78, 5) is 11.9. The summed E-state index contributed by atoms with van der Waals surface area (Å²) in [5, 5.41) is 0. The maximum absolute atomic E-state index is 11.9. The molecule has 1 fully saturated rings. The van der Waals surface area contributed by atoms with Crippen LogP contribution in [0.25, 0.3) is 0 Å². The Morgan fingerprint density at radius 2 is 2.33 bits per heavy atom. The number of carbonyl (C=O) groups excluding carboxylic acids is 1. The first-order chi connectivity index (χ1) is 8.66. The summed E-state index contributed by atoms with van der Waals surface area (Å²) in [7, 11) is 0. The number of halogens is 2. The van der Waals surface area contributed by atoms with E-state index in [0.717, 1.165) is 27.0 Å². The van der Waals surface area contributed by atoms with Crippen molar-refractivity contribution in [3.8, 4) is 0 Å². The molecular formula is C12H14Br2O3S. The summed E-state index contributed by atoms with van der Waals surface area (Å²) in [6, 6.07) is 1.82. The molecule has 0 N–H and O–H groups in total.